The molecule has 0 spiro atoms. The van der Waals surface area contributed by atoms with Crippen molar-refractivity contribution < 1.29 is 80.2 Å². The van der Waals surface area contributed by atoms with Gasteiger partial charge in [0.1, 0.15) is 19.3 Å². The fourth-order valence-corrected chi connectivity index (χ4v) is 14.8. The lowest BCUT2D eigenvalue weighted by Crippen LogP contribution is -2.30. The Labute approximate surface area is 638 Å². The summed E-state index contributed by atoms with van der Waals surface area (Å²) in [7, 11) is -9.93. The molecule has 0 aliphatic rings. The minimum absolute atomic E-state index is 0.107. The van der Waals surface area contributed by atoms with Crippen LogP contribution in [0.3, 0.4) is 0 Å². The Morgan fingerprint density at radius 3 is 0.731 bits per heavy atom. The van der Waals surface area contributed by atoms with Crippen molar-refractivity contribution in [2.75, 3.05) is 39.6 Å². The van der Waals surface area contributed by atoms with Crippen LogP contribution in [0.25, 0.3) is 0 Å². The first kappa shape index (κ1) is 102. The molecule has 0 saturated heterocycles. The lowest BCUT2D eigenvalue weighted by atomic mass is 10.00. The van der Waals surface area contributed by atoms with Crippen molar-refractivity contribution in [2.24, 2.45) is 11.8 Å². The Morgan fingerprint density at radius 2 is 0.490 bits per heavy atom. The van der Waals surface area contributed by atoms with Gasteiger partial charge in [-0.25, -0.2) is 9.13 Å². The molecule has 19 heteroatoms. The number of unbranched alkanes of at least 4 members (excludes halogenated alkanes) is 53. The smallest absolute Gasteiger partial charge is 0.462 e. The van der Waals surface area contributed by atoms with Gasteiger partial charge >= 0.3 is 39.5 Å². The van der Waals surface area contributed by atoms with Crippen LogP contribution in [-0.2, 0) is 65.4 Å². The second kappa shape index (κ2) is 76.4. The molecule has 618 valence electrons. The number of carbonyl (C=O) groups excluding carboxylic acids is 4. The van der Waals surface area contributed by atoms with E-state index < -0.39 is 97.5 Å². The van der Waals surface area contributed by atoms with Crippen LogP contribution in [0.2, 0.25) is 0 Å². The van der Waals surface area contributed by atoms with Crippen molar-refractivity contribution in [3.8, 4) is 0 Å². The van der Waals surface area contributed by atoms with Gasteiger partial charge in [0.15, 0.2) is 12.2 Å². The third-order valence-electron chi connectivity index (χ3n) is 20.3. The first-order valence-corrected chi connectivity index (χ1v) is 47.0. The molecule has 0 aromatic rings. The van der Waals surface area contributed by atoms with Gasteiger partial charge < -0.3 is 33.8 Å². The topological polar surface area (TPSA) is 237 Å². The van der Waals surface area contributed by atoms with Crippen molar-refractivity contribution in [1.82, 2.24) is 0 Å². The summed E-state index contributed by atoms with van der Waals surface area (Å²) in [6.45, 7) is 9.64. The fraction of sp³-hybridized carbons (Fsp3) is 0.953. The van der Waals surface area contributed by atoms with Gasteiger partial charge in [-0.2, -0.15) is 0 Å². The molecule has 6 atom stereocenters. The summed E-state index contributed by atoms with van der Waals surface area (Å²) in [5, 5.41) is 10.7. The van der Waals surface area contributed by atoms with Crippen LogP contribution in [0.15, 0.2) is 0 Å². The predicted octanol–water partition coefficient (Wildman–Crippen LogP) is 25.8. The molecular weight excluding hydrogens is 1350 g/mol. The summed E-state index contributed by atoms with van der Waals surface area (Å²) < 4.78 is 68.9. The minimum atomic E-state index is -4.97. The SMILES string of the molecule is CCCCCCCCCCCCCCCCCCCCCCC(=O)O[C@H](COC(=O)CCCCCCCCCCCCCCCCCCCC)COP(=O)(O)OC[C@@H](O)COP(=O)(O)OC[C@@H](COC(=O)CCCCCCCCC(C)CC)OC(=O)CCCCCCCCCCCCCCCC(C)C. The monoisotopic (exact) mass is 1520 g/mol. The van der Waals surface area contributed by atoms with E-state index in [1.165, 1.54) is 263 Å². The van der Waals surface area contributed by atoms with E-state index in [1.54, 1.807) is 0 Å². The largest absolute Gasteiger partial charge is 0.472 e. The van der Waals surface area contributed by atoms with Crippen molar-refractivity contribution >= 4 is 39.5 Å². The molecule has 0 rings (SSSR count). The summed E-state index contributed by atoms with van der Waals surface area (Å²) in [6.07, 6.45) is 68.1. The molecule has 0 aromatic heterocycles. The third-order valence-corrected chi connectivity index (χ3v) is 22.2. The Morgan fingerprint density at radius 1 is 0.279 bits per heavy atom. The van der Waals surface area contributed by atoms with E-state index >= 15 is 0 Å². The fourth-order valence-electron chi connectivity index (χ4n) is 13.2. The van der Waals surface area contributed by atoms with E-state index in [9.17, 15) is 43.2 Å². The number of phosphoric acid groups is 2. The maximum absolute atomic E-state index is 13.1. The summed E-state index contributed by atoms with van der Waals surface area (Å²) in [5.74, 6) is -0.587. The Bertz CT molecular complexity index is 2000. The average Bonchev–Trinajstić information content (AvgIpc) is 0.969. The first-order valence-electron chi connectivity index (χ1n) is 44.0. The van der Waals surface area contributed by atoms with Crippen LogP contribution in [-0.4, -0.2) is 96.7 Å². The molecule has 0 aliphatic carbocycles. The molecule has 0 aliphatic heterocycles. The number of ether oxygens (including phenoxy) is 4. The van der Waals surface area contributed by atoms with E-state index in [4.69, 9.17) is 37.0 Å². The highest BCUT2D eigenvalue weighted by Crippen LogP contribution is 2.45. The van der Waals surface area contributed by atoms with Crippen molar-refractivity contribution in [2.45, 2.75) is 471 Å². The van der Waals surface area contributed by atoms with Gasteiger partial charge in [-0.1, -0.05) is 401 Å². The molecule has 0 bridgehead atoms. The zero-order valence-electron chi connectivity index (χ0n) is 68.3. The molecule has 3 N–H and O–H groups in total. The Hall–Kier alpha value is -1.94. The molecule has 0 saturated carbocycles. The number of aliphatic hydroxyl groups is 1. The molecule has 17 nitrogen and oxygen atoms in total. The number of hydrogen-bond acceptors (Lipinski definition) is 15. The van der Waals surface area contributed by atoms with Gasteiger partial charge in [-0.15, -0.1) is 0 Å². The molecule has 0 fully saturated rings. The highest BCUT2D eigenvalue weighted by atomic mass is 31.2. The maximum Gasteiger partial charge on any atom is 0.472 e. The second-order valence-electron chi connectivity index (χ2n) is 31.3. The van der Waals surface area contributed by atoms with Gasteiger partial charge in [-0.05, 0) is 37.5 Å². The molecule has 0 amide bonds. The Kier molecular flexibility index (Phi) is 75.0. The summed E-state index contributed by atoms with van der Waals surface area (Å²) in [5.41, 5.74) is 0. The molecular formula is C85H166O17P2. The van der Waals surface area contributed by atoms with Gasteiger partial charge in [-0.3, -0.25) is 37.3 Å². The molecule has 0 radical (unpaired) electrons. The molecule has 3 unspecified atom stereocenters. The van der Waals surface area contributed by atoms with E-state index in [1.807, 2.05) is 0 Å². The first-order chi connectivity index (χ1) is 50.4. The number of aliphatic hydroxyl groups excluding tert-OH is 1. The number of carbonyl (C=O) groups is 4. The normalized spacial score (nSPS) is 14.1. The van der Waals surface area contributed by atoms with E-state index in [0.29, 0.717) is 25.7 Å². The second-order valence-corrected chi connectivity index (χ2v) is 34.2. The van der Waals surface area contributed by atoms with Gasteiger partial charge in [0.2, 0.25) is 0 Å². The number of hydrogen-bond donors (Lipinski definition) is 3. The van der Waals surface area contributed by atoms with E-state index in [0.717, 1.165) is 108 Å². The van der Waals surface area contributed by atoms with Gasteiger partial charge in [0.05, 0.1) is 26.4 Å². The highest BCUT2D eigenvalue weighted by molar-refractivity contribution is 7.47. The van der Waals surface area contributed by atoms with Crippen molar-refractivity contribution in [1.29, 1.82) is 0 Å². The maximum atomic E-state index is 13.1. The van der Waals surface area contributed by atoms with E-state index in [2.05, 4.69) is 41.5 Å². The van der Waals surface area contributed by atoms with E-state index in [-0.39, 0.29) is 25.7 Å². The quantitative estimate of drug-likeness (QED) is 0.0222. The highest BCUT2D eigenvalue weighted by Gasteiger charge is 2.30. The standard InChI is InChI=1S/C85H166O17P2/c1-7-10-12-14-16-18-20-22-24-26-28-29-31-33-37-41-45-49-57-63-69-84(89)101-80(73-95-82(87)67-61-55-48-44-40-36-32-30-27-25-23-21-19-17-15-13-11-8-2)75-99-103(91,92)97-71-79(86)72-98-104(93,94)100-76-81(74-96-83(88)68-62-56-52-51-54-60-66-78(6)9-3)102-85(90)70-64-58-50-46-42-38-34-35-39-43-47-53-59-65-77(4)5/h77-81,86H,7-76H2,1-6H3,(H,91,92)(H,93,94)/t78?,79-,80-,81-/m1/s1. The van der Waals surface area contributed by atoms with Crippen LogP contribution in [0, 0.1) is 11.8 Å². The summed E-state index contributed by atoms with van der Waals surface area (Å²) in [6, 6.07) is 0. The zero-order chi connectivity index (χ0) is 76.4. The number of esters is 4. The predicted molar refractivity (Wildman–Crippen MR) is 428 cm³/mol. The van der Waals surface area contributed by atoms with Crippen molar-refractivity contribution in [3.63, 3.8) is 0 Å². The Balaban J connectivity index is 5.23. The molecule has 0 heterocycles. The van der Waals surface area contributed by atoms with Crippen LogP contribution in [0.1, 0.15) is 452 Å². The minimum Gasteiger partial charge on any atom is -0.462 e. The number of phosphoric ester groups is 2. The third kappa shape index (κ3) is 76.8. The van der Waals surface area contributed by atoms with Crippen molar-refractivity contribution in [3.05, 3.63) is 0 Å². The zero-order valence-corrected chi connectivity index (χ0v) is 70.1. The lowest BCUT2D eigenvalue weighted by molar-refractivity contribution is -0.161. The molecule has 104 heavy (non-hydrogen) atoms. The van der Waals surface area contributed by atoms with Crippen LogP contribution in [0.5, 0.6) is 0 Å². The number of rotatable bonds is 84. The van der Waals surface area contributed by atoms with Crippen LogP contribution >= 0.6 is 15.6 Å². The summed E-state index contributed by atoms with van der Waals surface area (Å²) in [4.78, 5) is 73.2. The van der Waals surface area contributed by atoms with Gasteiger partial charge in [0.25, 0.3) is 0 Å². The van der Waals surface area contributed by atoms with Gasteiger partial charge in [0, 0.05) is 25.7 Å². The van der Waals surface area contributed by atoms with Crippen LogP contribution in [0.4, 0.5) is 0 Å². The lowest BCUT2D eigenvalue weighted by Gasteiger charge is -2.21. The molecule has 0 aromatic carbocycles. The van der Waals surface area contributed by atoms with Crippen LogP contribution < -0.4 is 0 Å². The average molecular weight is 1520 g/mol. The summed E-state index contributed by atoms with van der Waals surface area (Å²) >= 11 is 0.